The number of nitrogens with zero attached hydrogens (tertiary/aromatic N) is 1. The molecule has 1 aliphatic rings. The quantitative estimate of drug-likeness (QED) is 0.515. The highest BCUT2D eigenvalue weighted by molar-refractivity contribution is 7.80. The van der Waals surface area contributed by atoms with E-state index in [1.807, 2.05) is 84.9 Å². The van der Waals surface area contributed by atoms with E-state index in [-0.39, 0.29) is 5.92 Å². The summed E-state index contributed by atoms with van der Waals surface area (Å²) in [5, 5.41) is 16.6. The second-order valence-corrected chi connectivity index (χ2v) is 8.46. The molecule has 4 rings (SSSR count). The van der Waals surface area contributed by atoms with Crippen LogP contribution in [0.3, 0.4) is 0 Å². The monoisotopic (exact) mass is 436 g/mol. The topological polar surface area (TPSA) is 35.5 Å². The maximum Gasteiger partial charge on any atom is 0.173 e. The number of anilines is 1. The molecule has 3 nitrogen and oxygen atoms in total. The molecule has 2 N–H and O–H groups in total. The molecule has 1 saturated heterocycles. The Kier molecular flexibility index (Phi) is 6.38. The van der Waals surface area contributed by atoms with Crippen molar-refractivity contribution in [1.29, 1.82) is 0 Å². The lowest BCUT2D eigenvalue weighted by molar-refractivity contribution is -0.00631. The Morgan fingerprint density at radius 3 is 1.90 bits per heavy atom. The van der Waals surface area contributed by atoms with Crippen molar-refractivity contribution in [1.82, 2.24) is 4.90 Å². The molecular weight excluding hydrogens is 412 g/mol. The first kappa shape index (κ1) is 20.9. The average Bonchev–Trinajstić information content (AvgIpc) is 2.81. The summed E-state index contributed by atoms with van der Waals surface area (Å²) < 4.78 is 0. The fraction of sp³-hybridized carbons (Fsp3) is 0.240. The number of para-hydroxylation sites is 1. The number of thiocarbonyl (C=S) groups is 1. The third kappa shape index (κ3) is 4.22. The van der Waals surface area contributed by atoms with Gasteiger partial charge in [0.05, 0.1) is 10.7 Å². The van der Waals surface area contributed by atoms with E-state index in [2.05, 4.69) is 10.2 Å². The first-order valence-electron chi connectivity index (χ1n) is 10.2. The molecule has 0 bridgehead atoms. The van der Waals surface area contributed by atoms with Gasteiger partial charge in [0, 0.05) is 13.1 Å². The van der Waals surface area contributed by atoms with Crippen LogP contribution < -0.4 is 5.32 Å². The van der Waals surface area contributed by atoms with Gasteiger partial charge in [0.2, 0.25) is 0 Å². The maximum absolute atomic E-state index is 12.0. The lowest BCUT2D eigenvalue weighted by atomic mass is 9.72. The van der Waals surface area contributed by atoms with Crippen molar-refractivity contribution in [2.75, 3.05) is 18.4 Å². The van der Waals surface area contributed by atoms with E-state index >= 15 is 0 Å². The van der Waals surface area contributed by atoms with Gasteiger partial charge >= 0.3 is 0 Å². The average molecular weight is 437 g/mol. The Hall–Kier alpha value is -2.40. The van der Waals surface area contributed by atoms with Gasteiger partial charge in [-0.2, -0.15) is 0 Å². The summed E-state index contributed by atoms with van der Waals surface area (Å²) in [5.74, 6) is 0.0988. The van der Waals surface area contributed by atoms with Gasteiger partial charge in [0.15, 0.2) is 5.11 Å². The van der Waals surface area contributed by atoms with Crippen molar-refractivity contribution in [2.24, 2.45) is 5.92 Å². The number of likely N-dealkylation sites (tertiary alicyclic amines) is 1. The predicted molar refractivity (Wildman–Crippen MR) is 128 cm³/mol. The van der Waals surface area contributed by atoms with E-state index in [1.54, 1.807) is 0 Å². The van der Waals surface area contributed by atoms with E-state index in [9.17, 15) is 5.11 Å². The number of rotatable bonds is 4. The fourth-order valence-corrected chi connectivity index (χ4v) is 4.76. The number of hydrogen-bond acceptors (Lipinski definition) is 2. The second-order valence-electron chi connectivity index (χ2n) is 7.67. The van der Waals surface area contributed by atoms with Gasteiger partial charge in [-0.1, -0.05) is 84.4 Å². The largest absolute Gasteiger partial charge is 0.380 e. The Balaban J connectivity index is 1.51. The standard InChI is InChI=1S/C25H25ClN2OS/c26-22-13-7-8-14-23(22)27-24(30)28-17-15-21(16-18-28)25(29,19-9-3-1-4-10-19)20-11-5-2-6-12-20/h1-14,21,29H,15-18H2,(H,27,30). The lowest BCUT2D eigenvalue weighted by Gasteiger charge is -2.43. The Morgan fingerprint density at radius 2 is 1.37 bits per heavy atom. The zero-order chi connectivity index (χ0) is 21.0. The number of hydrogen-bond donors (Lipinski definition) is 2. The molecule has 1 heterocycles. The zero-order valence-electron chi connectivity index (χ0n) is 16.7. The van der Waals surface area contributed by atoms with Crippen molar-refractivity contribution < 1.29 is 5.11 Å². The smallest absolute Gasteiger partial charge is 0.173 e. The number of piperidine rings is 1. The number of aliphatic hydroxyl groups is 1. The van der Waals surface area contributed by atoms with Crippen molar-refractivity contribution in [3.8, 4) is 0 Å². The van der Waals surface area contributed by atoms with Crippen LogP contribution in [0.1, 0.15) is 24.0 Å². The predicted octanol–water partition coefficient (Wildman–Crippen LogP) is 5.68. The van der Waals surface area contributed by atoms with Gasteiger partial charge in [0.1, 0.15) is 5.60 Å². The summed E-state index contributed by atoms with van der Waals surface area (Å²) in [6.45, 7) is 1.56. The molecule has 5 heteroatoms. The molecule has 0 aliphatic carbocycles. The van der Waals surface area contributed by atoms with Crippen LogP contribution in [0.15, 0.2) is 84.9 Å². The maximum atomic E-state index is 12.0. The van der Waals surface area contributed by atoms with E-state index in [4.69, 9.17) is 23.8 Å². The van der Waals surface area contributed by atoms with Crippen LogP contribution >= 0.6 is 23.8 Å². The van der Waals surface area contributed by atoms with Gasteiger partial charge < -0.3 is 15.3 Å². The minimum Gasteiger partial charge on any atom is -0.380 e. The highest BCUT2D eigenvalue weighted by Crippen LogP contribution is 2.42. The van der Waals surface area contributed by atoms with Crippen LogP contribution in [0, 0.1) is 5.92 Å². The molecule has 0 saturated carbocycles. The first-order chi connectivity index (χ1) is 14.6. The third-order valence-corrected chi connectivity index (χ3v) is 6.61. The molecule has 0 atom stereocenters. The fourth-order valence-electron chi connectivity index (χ4n) is 4.28. The van der Waals surface area contributed by atoms with Crippen LogP contribution in [0.25, 0.3) is 0 Å². The van der Waals surface area contributed by atoms with E-state index < -0.39 is 5.60 Å². The highest BCUT2D eigenvalue weighted by Gasteiger charge is 2.41. The van der Waals surface area contributed by atoms with E-state index in [1.165, 1.54) is 0 Å². The summed E-state index contributed by atoms with van der Waals surface area (Å²) in [7, 11) is 0. The molecule has 0 spiro atoms. The SMILES string of the molecule is OC(c1ccccc1)(c1ccccc1)C1CCN(C(=S)Nc2ccccc2Cl)CC1. The second kappa shape index (κ2) is 9.17. The van der Waals surface area contributed by atoms with Gasteiger partial charge in [0.25, 0.3) is 0 Å². The van der Waals surface area contributed by atoms with Gasteiger partial charge in [-0.25, -0.2) is 0 Å². The van der Waals surface area contributed by atoms with Crippen molar-refractivity contribution in [2.45, 2.75) is 18.4 Å². The van der Waals surface area contributed by atoms with Crippen LogP contribution in [-0.2, 0) is 5.60 Å². The summed E-state index contributed by atoms with van der Waals surface area (Å²) in [4.78, 5) is 2.16. The third-order valence-electron chi connectivity index (χ3n) is 5.92. The molecule has 3 aromatic rings. The molecule has 3 aromatic carbocycles. The van der Waals surface area contributed by atoms with Gasteiger partial charge in [-0.05, 0) is 54.2 Å². The minimum atomic E-state index is -1.02. The summed E-state index contributed by atoms with van der Waals surface area (Å²) in [6, 6.07) is 27.6. The minimum absolute atomic E-state index is 0.0988. The Bertz CT molecular complexity index is 949. The van der Waals surface area contributed by atoms with E-state index in [0.717, 1.165) is 42.7 Å². The van der Waals surface area contributed by atoms with Crippen LogP contribution in [-0.4, -0.2) is 28.2 Å². The van der Waals surface area contributed by atoms with Crippen molar-refractivity contribution in [3.05, 3.63) is 101 Å². The molecule has 1 aliphatic heterocycles. The first-order valence-corrected chi connectivity index (χ1v) is 11.0. The van der Waals surface area contributed by atoms with Gasteiger partial charge in [-0.15, -0.1) is 0 Å². The normalized spacial score (nSPS) is 15.1. The van der Waals surface area contributed by atoms with Crippen molar-refractivity contribution in [3.63, 3.8) is 0 Å². The summed E-state index contributed by atoms with van der Waals surface area (Å²) in [5.41, 5.74) is 1.67. The summed E-state index contributed by atoms with van der Waals surface area (Å²) in [6.07, 6.45) is 1.68. The molecule has 154 valence electrons. The van der Waals surface area contributed by atoms with Crippen LogP contribution in [0.2, 0.25) is 5.02 Å². The molecule has 30 heavy (non-hydrogen) atoms. The number of benzene rings is 3. The summed E-state index contributed by atoms with van der Waals surface area (Å²) >= 11 is 11.9. The number of nitrogens with one attached hydrogen (secondary N) is 1. The molecule has 0 amide bonds. The molecular formula is C25H25ClN2OS. The lowest BCUT2D eigenvalue weighted by Crippen LogP contribution is -2.47. The van der Waals surface area contributed by atoms with Crippen LogP contribution in [0.5, 0.6) is 0 Å². The van der Waals surface area contributed by atoms with Crippen LogP contribution in [0.4, 0.5) is 5.69 Å². The molecule has 0 aromatic heterocycles. The number of halogens is 1. The zero-order valence-corrected chi connectivity index (χ0v) is 18.2. The van der Waals surface area contributed by atoms with Gasteiger partial charge in [-0.3, -0.25) is 0 Å². The molecule has 0 unspecified atom stereocenters. The molecule has 0 radical (unpaired) electrons. The Morgan fingerprint density at radius 1 is 0.867 bits per heavy atom. The molecule has 1 fully saturated rings. The van der Waals surface area contributed by atoms with E-state index in [0.29, 0.717) is 10.1 Å². The highest BCUT2D eigenvalue weighted by atomic mass is 35.5. The van der Waals surface area contributed by atoms with Crippen molar-refractivity contribution >= 4 is 34.6 Å². The Labute approximate surface area is 188 Å².